The van der Waals surface area contributed by atoms with E-state index in [-0.39, 0.29) is 18.2 Å². The van der Waals surface area contributed by atoms with Gasteiger partial charge in [0.2, 0.25) is 0 Å². The van der Waals surface area contributed by atoms with E-state index < -0.39 is 12.1 Å². The molecule has 0 spiro atoms. The highest BCUT2D eigenvalue weighted by atomic mass is 16.5. The summed E-state index contributed by atoms with van der Waals surface area (Å²) in [7, 11) is 0. The lowest BCUT2D eigenvalue weighted by Crippen LogP contribution is -2.29. The van der Waals surface area contributed by atoms with Gasteiger partial charge >= 0.3 is 12.1 Å². The highest BCUT2D eigenvalue weighted by molar-refractivity contribution is 5.90. The Morgan fingerprint density at radius 3 is 2.12 bits per heavy atom. The van der Waals surface area contributed by atoms with Gasteiger partial charge in [-0.15, -0.1) is 0 Å². The van der Waals surface area contributed by atoms with E-state index in [1.165, 1.54) is 13.0 Å². The molecule has 0 bridgehead atoms. The monoisotopic (exact) mass is 323 g/mol. The fourth-order valence-corrected chi connectivity index (χ4v) is 2.99. The third-order valence-corrected chi connectivity index (χ3v) is 4.10. The molecule has 2 aromatic rings. The first kappa shape index (κ1) is 15.8. The Bertz CT molecular complexity index is 780. The molecule has 24 heavy (non-hydrogen) atoms. The fraction of sp³-hybridized carbons (Fsp3) is 0.158. The van der Waals surface area contributed by atoms with Crippen molar-refractivity contribution >= 4 is 12.1 Å². The van der Waals surface area contributed by atoms with Crippen LogP contribution in [0.25, 0.3) is 11.1 Å². The van der Waals surface area contributed by atoms with Crippen LogP contribution in [0.3, 0.4) is 0 Å². The van der Waals surface area contributed by atoms with Gasteiger partial charge in [-0.3, -0.25) is 5.32 Å². The highest BCUT2D eigenvalue weighted by Crippen LogP contribution is 2.44. The molecule has 5 nitrogen and oxygen atoms in total. The molecule has 0 radical (unpaired) electrons. The van der Waals surface area contributed by atoms with E-state index in [0.717, 1.165) is 22.3 Å². The Labute approximate surface area is 139 Å². The lowest BCUT2D eigenvalue weighted by Gasteiger charge is -2.14. The molecule has 1 amide bonds. The topological polar surface area (TPSA) is 75.6 Å². The normalized spacial score (nSPS) is 13.1. The van der Waals surface area contributed by atoms with Crippen molar-refractivity contribution in [3.05, 3.63) is 71.4 Å². The van der Waals surface area contributed by atoms with Crippen molar-refractivity contribution in [2.45, 2.75) is 12.8 Å². The molecular formula is C19H17NO4. The number of benzene rings is 2. The smallest absolute Gasteiger partial charge is 0.411 e. The van der Waals surface area contributed by atoms with Crippen LogP contribution < -0.4 is 5.32 Å². The van der Waals surface area contributed by atoms with Crippen LogP contribution in [-0.4, -0.2) is 23.8 Å². The van der Waals surface area contributed by atoms with Crippen molar-refractivity contribution < 1.29 is 19.4 Å². The minimum Gasteiger partial charge on any atom is -0.477 e. The van der Waals surface area contributed by atoms with Gasteiger partial charge in [0.1, 0.15) is 12.3 Å². The lowest BCUT2D eigenvalue weighted by molar-refractivity contribution is -0.133. The molecule has 0 atom stereocenters. The van der Waals surface area contributed by atoms with E-state index in [9.17, 15) is 9.59 Å². The van der Waals surface area contributed by atoms with Gasteiger partial charge in [0, 0.05) is 5.92 Å². The number of allylic oxidation sites excluding steroid dienone is 1. The summed E-state index contributed by atoms with van der Waals surface area (Å²) in [4.78, 5) is 22.8. The second kappa shape index (κ2) is 6.58. The molecule has 0 saturated carbocycles. The summed E-state index contributed by atoms with van der Waals surface area (Å²) in [6, 6.07) is 16.0. The molecule has 1 aliphatic carbocycles. The molecule has 0 saturated heterocycles. The van der Waals surface area contributed by atoms with Gasteiger partial charge in [0.25, 0.3) is 0 Å². The zero-order valence-corrected chi connectivity index (χ0v) is 13.2. The fourth-order valence-electron chi connectivity index (χ4n) is 2.99. The Kier molecular flexibility index (Phi) is 4.33. The number of carbonyl (C=O) groups is 2. The molecule has 0 fully saturated rings. The summed E-state index contributed by atoms with van der Waals surface area (Å²) in [5.74, 6) is -1.26. The van der Waals surface area contributed by atoms with E-state index in [4.69, 9.17) is 9.84 Å². The zero-order valence-electron chi connectivity index (χ0n) is 13.2. The standard InChI is InChI=1S/C19H17NO4/c1-2-17(18(21)22)20-19(23)24-11-16-14-9-5-3-7-12(14)13-8-4-6-10-15(13)16/h2-10,16H,11H2,1H3,(H,20,23)(H,21,22). The quantitative estimate of drug-likeness (QED) is 0.844. The number of amides is 1. The molecule has 0 aromatic heterocycles. The zero-order chi connectivity index (χ0) is 17.1. The van der Waals surface area contributed by atoms with Crippen molar-refractivity contribution in [3.63, 3.8) is 0 Å². The number of nitrogens with one attached hydrogen (secondary N) is 1. The van der Waals surface area contributed by atoms with E-state index in [0.29, 0.717) is 0 Å². The SMILES string of the molecule is CC=C(NC(=O)OCC1c2ccccc2-c2ccccc21)C(=O)O. The van der Waals surface area contributed by atoms with E-state index in [1.807, 2.05) is 36.4 Å². The van der Waals surface area contributed by atoms with E-state index >= 15 is 0 Å². The van der Waals surface area contributed by atoms with Gasteiger partial charge in [-0.25, -0.2) is 9.59 Å². The average molecular weight is 323 g/mol. The van der Waals surface area contributed by atoms with Crippen molar-refractivity contribution in [3.8, 4) is 11.1 Å². The summed E-state index contributed by atoms with van der Waals surface area (Å²) < 4.78 is 5.27. The second-order valence-corrected chi connectivity index (χ2v) is 5.46. The number of alkyl carbamates (subject to hydrolysis) is 1. The van der Waals surface area contributed by atoms with Crippen LogP contribution in [0, 0.1) is 0 Å². The largest absolute Gasteiger partial charge is 0.477 e. The van der Waals surface area contributed by atoms with Gasteiger partial charge in [-0.05, 0) is 29.2 Å². The first-order valence-electron chi connectivity index (χ1n) is 7.63. The maximum absolute atomic E-state index is 11.9. The summed E-state index contributed by atoms with van der Waals surface area (Å²) in [6.07, 6.45) is 0.538. The summed E-state index contributed by atoms with van der Waals surface area (Å²) in [5.41, 5.74) is 4.29. The van der Waals surface area contributed by atoms with Crippen LogP contribution in [0.15, 0.2) is 60.3 Å². The first-order chi connectivity index (χ1) is 11.6. The number of hydrogen-bond donors (Lipinski definition) is 2. The maximum atomic E-state index is 11.9. The number of fused-ring (bicyclic) bond motifs is 3. The van der Waals surface area contributed by atoms with Crippen molar-refractivity contribution in [1.82, 2.24) is 5.32 Å². The van der Waals surface area contributed by atoms with Gasteiger partial charge < -0.3 is 9.84 Å². The van der Waals surface area contributed by atoms with E-state index in [1.54, 1.807) is 0 Å². The van der Waals surface area contributed by atoms with Crippen LogP contribution in [0.5, 0.6) is 0 Å². The van der Waals surface area contributed by atoms with Crippen LogP contribution in [0.1, 0.15) is 24.0 Å². The van der Waals surface area contributed by atoms with Crippen molar-refractivity contribution in [2.24, 2.45) is 0 Å². The Hall–Kier alpha value is -3.08. The Balaban J connectivity index is 1.76. The number of rotatable bonds is 4. The summed E-state index contributed by atoms with van der Waals surface area (Å²) >= 11 is 0. The molecule has 0 unspecified atom stereocenters. The predicted octanol–water partition coefficient (Wildman–Crippen LogP) is 3.51. The Morgan fingerprint density at radius 2 is 1.62 bits per heavy atom. The minimum absolute atomic E-state index is 0.0537. The number of aliphatic carboxylic acids is 1. The predicted molar refractivity (Wildman–Crippen MR) is 89.6 cm³/mol. The lowest BCUT2D eigenvalue weighted by atomic mass is 9.98. The molecular weight excluding hydrogens is 306 g/mol. The average Bonchev–Trinajstić information content (AvgIpc) is 2.91. The van der Waals surface area contributed by atoms with Gasteiger partial charge in [-0.2, -0.15) is 0 Å². The summed E-state index contributed by atoms with van der Waals surface area (Å²) in [5, 5.41) is 11.2. The molecule has 2 N–H and O–H groups in total. The molecule has 3 rings (SSSR count). The van der Waals surface area contributed by atoms with Crippen LogP contribution in [-0.2, 0) is 9.53 Å². The number of carboxylic acids is 1. The van der Waals surface area contributed by atoms with Crippen molar-refractivity contribution in [2.75, 3.05) is 6.61 Å². The maximum Gasteiger partial charge on any atom is 0.411 e. The second-order valence-electron chi connectivity index (χ2n) is 5.46. The Morgan fingerprint density at radius 1 is 1.08 bits per heavy atom. The highest BCUT2D eigenvalue weighted by Gasteiger charge is 2.29. The number of hydrogen-bond acceptors (Lipinski definition) is 3. The van der Waals surface area contributed by atoms with Gasteiger partial charge in [0.05, 0.1) is 0 Å². The molecule has 0 aliphatic heterocycles. The number of carboxylic acid groups (broad SMARTS) is 1. The van der Waals surface area contributed by atoms with Crippen LogP contribution in [0.4, 0.5) is 4.79 Å². The van der Waals surface area contributed by atoms with Gasteiger partial charge in [0.15, 0.2) is 0 Å². The molecule has 1 aliphatic rings. The molecule has 2 aromatic carbocycles. The molecule has 5 heteroatoms. The van der Waals surface area contributed by atoms with E-state index in [2.05, 4.69) is 17.4 Å². The molecule has 122 valence electrons. The minimum atomic E-state index is -1.20. The summed E-state index contributed by atoms with van der Waals surface area (Å²) in [6.45, 7) is 1.68. The third kappa shape index (κ3) is 2.88. The third-order valence-electron chi connectivity index (χ3n) is 4.10. The van der Waals surface area contributed by atoms with Crippen LogP contribution in [0.2, 0.25) is 0 Å². The molecule has 0 heterocycles. The number of ether oxygens (including phenoxy) is 1. The van der Waals surface area contributed by atoms with Crippen molar-refractivity contribution in [1.29, 1.82) is 0 Å². The van der Waals surface area contributed by atoms with Crippen LogP contribution >= 0.6 is 0 Å². The number of carbonyl (C=O) groups excluding carboxylic acids is 1. The first-order valence-corrected chi connectivity index (χ1v) is 7.63. The van der Waals surface area contributed by atoms with Gasteiger partial charge in [-0.1, -0.05) is 54.6 Å².